The number of para-hydroxylation sites is 2. The Morgan fingerprint density at radius 2 is 2.08 bits per heavy atom. The van der Waals surface area contributed by atoms with E-state index in [0.29, 0.717) is 11.4 Å². The Kier molecular flexibility index (Phi) is 3.96. The third-order valence-electron chi connectivity index (χ3n) is 4.34. The number of amides is 1. The van der Waals surface area contributed by atoms with Crippen molar-refractivity contribution in [2.45, 2.75) is 13.0 Å². The largest absolute Gasteiger partial charge is 0.341 e. The number of H-pyrrole nitrogens is 1. The van der Waals surface area contributed by atoms with Gasteiger partial charge in [-0.05, 0) is 37.3 Å². The summed E-state index contributed by atoms with van der Waals surface area (Å²) in [4.78, 5) is 21.3. The summed E-state index contributed by atoms with van der Waals surface area (Å²) in [5, 5.41) is 9.95. The molecule has 0 spiro atoms. The molecule has 0 radical (unpaired) electrons. The van der Waals surface area contributed by atoms with Gasteiger partial charge in [-0.25, -0.2) is 4.98 Å². The number of nitrogens with one attached hydrogen (secondary N) is 2. The van der Waals surface area contributed by atoms with Crippen molar-refractivity contribution in [2.24, 2.45) is 7.05 Å². The van der Waals surface area contributed by atoms with Gasteiger partial charge in [0.15, 0.2) is 0 Å². The van der Waals surface area contributed by atoms with E-state index in [9.17, 15) is 4.79 Å². The number of aryl methyl sites for hydroxylation is 1. The van der Waals surface area contributed by atoms with Crippen molar-refractivity contribution in [1.29, 1.82) is 0 Å². The molecule has 1 aromatic carbocycles. The summed E-state index contributed by atoms with van der Waals surface area (Å²) in [7, 11) is 1.95. The van der Waals surface area contributed by atoms with Crippen molar-refractivity contribution in [1.82, 2.24) is 30.0 Å². The van der Waals surface area contributed by atoms with Gasteiger partial charge in [0.2, 0.25) is 0 Å². The molecule has 0 aliphatic heterocycles. The van der Waals surface area contributed by atoms with E-state index in [4.69, 9.17) is 0 Å². The van der Waals surface area contributed by atoms with Crippen LogP contribution in [0.15, 0.2) is 54.9 Å². The molecule has 0 saturated heterocycles. The minimum absolute atomic E-state index is 0.229. The molecule has 7 heteroatoms. The van der Waals surface area contributed by atoms with Crippen molar-refractivity contribution >= 4 is 16.9 Å². The molecule has 3 heterocycles. The average Bonchev–Trinajstić information content (AvgIpc) is 3.28. The monoisotopic (exact) mass is 346 g/mol. The first-order valence-electron chi connectivity index (χ1n) is 8.31. The molecule has 130 valence electrons. The summed E-state index contributed by atoms with van der Waals surface area (Å²) in [5.74, 6) is 0.568. The molecule has 1 unspecified atom stereocenters. The van der Waals surface area contributed by atoms with Crippen LogP contribution in [0.4, 0.5) is 0 Å². The smallest absolute Gasteiger partial charge is 0.269 e. The van der Waals surface area contributed by atoms with Crippen LogP contribution in [-0.2, 0) is 7.05 Å². The molecule has 3 aromatic heterocycles. The molecule has 0 fully saturated rings. The summed E-state index contributed by atoms with van der Waals surface area (Å²) in [6.07, 6.45) is 3.40. The number of aromatic nitrogens is 5. The van der Waals surface area contributed by atoms with Crippen LogP contribution in [0.1, 0.15) is 29.3 Å². The maximum atomic E-state index is 12.6. The number of hydrogen-bond acceptors (Lipinski definition) is 4. The van der Waals surface area contributed by atoms with Crippen molar-refractivity contribution in [2.75, 3.05) is 0 Å². The number of imidazole rings is 1. The number of carbonyl (C=O) groups excluding carboxylic acids is 1. The van der Waals surface area contributed by atoms with Gasteiger partial charge >= 0.3 is 0 Å². The van der Waals surface area contributed by atoms with E-state index in [-0.39, 0.29) is 11.9 Å². The third-order valence-corrected chi connectivity index (χ3v) is 4.34. The summed E-state index contributed by atoms with van der Waals surface area (Å²) >= 11 is 0. The molecule has 4 aromatic rings. The van der Waals surface area contributed by atoms with Gasteiger partial charge in [0.25, 0.3) is 5.91 Å². The van der Waals surface area contributed by atoms with E-state index in [2.05, 4.69) is 25.5 Å². The van der Waals surface area contributed by atoms with Crippen LogP contribution < -0.4 is 5.32 Å². The van der Waals surface area contributed by atoms with Crippen LogP contribution in [0.2, 0.25) is 0 Å². The minimum Gasteiger partial charge on any atom is -0.341 e. The number of aromatic amines is 1. The Labute approximate surface area is 150 Å². The summed E-state index contributed by atoms with van der Waals surface area (Å²) < 4.78 is 1.99. The van der Waals surface area contributed by atoms with Gasteiger partial charge < -0.3 is 9.88 Å². The van der Waals surface area contributed by atoms with Gasteiger partial charge in [-0.15, -0.1) is 0 Å². The molecule has 2 N–H and O–H groups in total. The highest BCUT2D eigenvalue weighted by molar-refractivity contribution is 5.93. The first-order chi connectivity index (χ1) is 12.6. The molecule has 26 heavy (non-hydrogen) atoms. The van der Waals surface area contributed by atoms with E-state index in [1.807, 2.05) is 54.9 Å². The first kappa shape index (κ1) is 16.0. The molecular weight excluding hydrogens is 328 g/mol. The van der Waals surface area contributed by atoms with Gasteiger partial charge in [0.1, 0.15) is 11.5 Å². The fraction of sp³-hybridized carbons (Fsp3) is 0.158. The zero-order chi connectivity index (χ0) is 18.1. The molecule has 1 atom stereocenters. The highest BCUT2D eigenvalue weighted by Gasteiger charge is 2.18. The SMILES string of the molecule is CC(NC(=O)c1cc(-c2cccnc2)n[nH]1)c1nc2ccccc2n1C. The summed E-state index contributed by atoms with van der Waals surface area (Å²) in [6.45, 7) is 1.91. The minimum atomic E-state index is -0.245. The predicted molar refractivity (Wildman–Crippen MR) is 98.4 cm³/mol. The number of nitrogens with zero attached hydrogens (tertiary/aromatic N) is 4. The lowest BCUT2D eigenvalue weighted by Gasteiger charge is -2.13. The molecule has 1 amide bonds. The zero-order valence-corrected chi connectivity index (χ0v) is 14.5. The highest BCUT2D eigenvalue weighted by atomic mass is 16.2. The fourth-order valence-electron chi connectivity index (χ4n) is 2.99. The van der Waals surface area contributed by atoms with Crippen molar-refractivity contribution in [3.8, 4) is 11.3 Å². The maximum absolute atomic E-state index is 12.6. The number of carbonyl (C=O) groups is 1. The number of pyridine rings is 1. The quantitative estimate of drug-likeness (QED) is 0.595. The topological polar surface area (TPSA) is 88.5 Å². The molecule has 0 aliphatic rings. The fourth-order valence-corrected chi connectivity index (χ4v) is 2.99. The van der Waals surface area contributed by atoms with E-state index in [0.717, 1.165) is 22.4 Å². The Morgan fingerprint density at radius 1 is 1.23 bits per heavy atom. The van der Waals surface area contributed by atoms with Crippen molar-refractivity contribution in [3.63, 3.8) is 0 Å². The molecule has 0 aliphatic carbocycles. The average molecular weight is 346 g/mol. The van der Waals surface area contributed by atoms with Gasteiger partial charge in [0.05, 0.1) is 22.8 Å². The second kappa shape index (κ2) is 6.44. The van der Waals surface area contributed by atoms with Gasteiger partial charge in [-0.2, -0.15) is 5.10 Å². The van der Waals surface area contributed by atoms with Crippen LogP contribution >= 0.6 is 0 Å². The van der Waals surface area contributed by atoms with E-state index < -0.39 is 0 Å². The Morgan fingerprint density at radius 3 is 2.85 bits per heavy atom. The van der Waals surface area contributed by atoms with Crippen LogP contribution in [0.25, 0.3) is 22.3 Å². The number of benzene rings is 1. The lowest BCUT2D eigenvalue weighted by atomic mass is 10.2. The normalized spacial score (nSPS) is 12.2. The standard InChI is InChI=1S/C19H18N6O/c1-12(18-22-14-7-3-4-8-17(14)25(18)2)21-19(26)16-10-15(23-24-16)13-6-5-9-20-11-13/h3-12H,1-2H3,(H,21,26)(H,23,24). The molecule has 7 nitrogen and oxygen atoms in total. The summed E-state index contributed by atoms with van der Waals surface area (Å²) in [5.41, 5.74) is 3.87. The first-order valence-corrected chi connectivity index (χ1v) is 8.31. The van der Waals surface area contributed by atoms with Crippen molar-refractivity contribution < 1.29 is 4.79 Å². The predicted octanol–water partition coefficient (Wildman–Crippen LogP) is 2.85. The summed E-state index contributed by atoms with van der Waals surface area (Å²) in [6, 6.07) is 13.1. The molecule has 4 rings (SSSR count). The van der Waals surface area contributed by atoms with E-state index in [1.54, 1.807) is 18.5 Å². The molecular formula is C19H18N6O. The highest BCUT2D eigenvalue weighted by Crippen LogP contribution is 2.20. The lowest BCUT2D eigenvalue weighted by Crippen LogP contribution is -2.28. The lowest BCUT2D eigenvalue weighted by molar-refractivity contribution is 0.0933. The van der Waals surface area contributed by atoms with Gasteiger partial charge in [-0.3, -0.25) is 14.9 Å². The molecule has 0 bridgehead atoms. The number of hydrogen-bond donors (Lipinski definition) is 2. The Balaban J connectivity index is 1.54. The molecule has 0 saturated carbocycles. The second-order valence-electron chi connectivity index (χ2n) is 6.12. The van der Waals surface area contributed by atoms with E-state index in [1.165, 1.54) is 0 Å². The van der Waals surface area contributed by atoms with Crippen LogP contribution in [-0.4, -0.2) is 30.6 Å². The van der Waals surface area contributed by atoms with E-state index >= 15 is 0 Å². The van der Waals surface area contributed by atoms with Crippen molar-refractivity contribution in [3.05, 3.63) is 66.4 Å². The number of rotatable bonds is 4. The van der Waals surface area contributed by atoms with Crippen LogP contribution in [0, 0.1) is 0 Å². The Bertz CT molecular complexity index is 1070. The van der Waals surface area contributed by atoms with Crippen LogP contribution in [0.5, 0.6) is 0 Å². The van der Waals surface area contributed by atoms with Crippen LogP contribution in [0.3, 0.4) is 0 Å². The van der Waals surface area contributed by atoms with Gasteiger partial charge in [-0.1, -0.05) is 12.1 Å². The third kappa shape index (κ3) is 2.83. The second-order valence-corrected chi connectivity index (χ2v) is 6.12. The zero-order valence-electron chi connectivity index (χ0n) is 14.5. The maximum Gasteiger partial charge on any atom is 0.269 e. The Hall–Kier alpha value is -3.48. The van der Waals surface area contributed by atoms with Gasteiger partial charge in [0, 0.05) is 25.0 Å². The number of fused-ring (bicyclic) bond motifs is 1.